The van der Waals surface area contributed by atoms with Crippen LogP contribution < -0.4 is 10.4 Å². The molecule has 2 saturated carbocycles. The number of hydrogen-bond donors (Lipinski definition) is 0. The van der Waals surface area contributed by atoms with Gasteiger partial charge in [-0.25, -0.2) is 0 Å². The van der Waals surface area contributed by atoms with Crippen molar-refractivity contribution < 1.29 is 14.0 Å². The molecule has 4 atom stereocenters. The predicted molar refractivity (Wildman–Crippen MR) is 165 cm³/mol. The summed E-state index contributed by atoms with van der Waals surface area (Å²) in [5, 5.41) is 2.65. The molecule has 2 aliphatic carbocycles. The topological polar surface area (TPSA) is 35.5 Å². The molecule has 4 heteroatoms. The van der Waals surface area contributed by atoms with Gasteiger partial charge in [0.15, 0.2) is 0 Å². The Bertz CT molecular complexity index is 1030. The number of ether oxygens (including phenoxy) is 1. The number of benzene rings is 2. The Balaban J connectivity index is 1.63. The lowest BCUT2D eigenvalue weighted by Crippen LogP contribution is -2.66. The fraction of sp³-hybridized carbons (Fsp3) is 0.629. The molecule has 2 aromatic carbocycles. The fourth-order valence-corrected chi connectivity index (χ4v) is 12.6. The highest BCUT2D eigenvalue weighted by atomic mass is 28.4. The van der Waals surface area contributed by atoms with Gasteiger partial charge in [-0.2, -0.15) is 0 Å². The summed E-state index contributed by atoms with van der Waals surface area (Å²) < 4.78 is 13.7. The van der Waals surface area contributed by atoms with Crippen LogP contribution in [0.5, 0.6) is 0 Å². The number of carbonyl (C=O) groups excluding carboxylic acids is 1. The molecule has 0 amide bonds. The molecule has 4 rings (SSSR count). The van der Waals surface area contributed by atoms with Gasteiger partial charge in [-0.05, 0) is 64.8 Å². The van der Waals surface area contributed by atoms with Crippen LogP contribution in [0, 0.1) is 22.7 Å². The Hall–Kier alpha value is -1.75. The van der Waals surface area contributed by atoms with Crippen molar-refractivity contribution in [2.24, 2.45) is 22.7 Å². The van der Waals surface area contributed by atoms with Crippen LogP contribution in [0.2, 0.25) is 5.04 Å². The third-order valence-electron chi connectivity index (χ3n) is 10.4. The molecule has 0 saturated heterocycles. The molecule has 0 N–H and O–H groups in total. The average Bonchev–Trinajstić information content (AvgIpc) is 2.91. The maximum Gasteiger partial charge on any atom is 0.261 e. The molecule has 0 unspecified atom stereocenters. The van der Waals surface area contributed by atoms with E-state index in [9.17, 15) is 4.79 Å². The Morgan fingerprint density at radius 3 is 1.97 bits per heavy atom. The molecule has 3 nitrogen and oxygen atoms in total. The summed E-state index contributed by atoms with van der Waals surface area (Å²) in [5.74, 6) is 1.13. The van der Waals surface area contributed by atoms with Gasteiger partial charge >= 0.3 is 0 Å². The van der Waals surface area contributed by atoms with E-state index in [0.717, 1.165) is 25.9 Å². The minimum Gasteiger partial charge on any atom is -0.407 e. The number of Topliss-reactive ketones (excluding diaryl/α,β-unsaturated/α-hetero) is 1. The second-order valence-electron chi connectivity index (χ2n) is 14.1. The Morgan fingerprint density at radius 1 is 0.872 bits per heavy atom. The van der Waals surface area contributed by atoms with Gasteiger partial charge in [-0.3, -0.25) is 4.79 Å². The molecule has 0 radical (unpaired) electrons. The first-order valence-corrected chi connectivity index (χ1v) is 17.2. The van der Waals surface area contributed by atoms with E-state index in [-0.39, 0.29) is 27.9 Å². The van der Waals surface area contributed by atoms with Gasteiger partial charge in [0.1, 0.15) is 5.78 Å². The van der Waals surface area contributed by atoms with E-state index in [2.05, 4.69) is 102 Å². The lowest BCUT2D eigenvalue weighted by atomic mass is 9.57. The van der Waals surface area contributed by atoms with E-state index >= 15 is 0 Å². The van der Waals surface area contributed by atoms with Crippen molar-refractivity contribution in [1.29, 1.82) is 0 Å². The van der Waals surface area contributed by atoms with E-state index < -0.39 is 8.32 Å². The molecule has 0 aliphatic heterocycles. The summed E-state index contributed by atoms with van der Waals surface area (Å²) in [7, 11) is -0.682. The van der Waals surface area contributed by atoms with Crippen LogP contribution in [0.4, 0.5) is 0 Å². The quantitative estimate of drug-likeness (QED) is 0.303. The predicted octanol–water partition coefficient (Wildman–Crippen LogP) is 7.56. The van der Waals surface area contributed by atoms with Crippen molar-refractivity contribution in [2.45, 2.75) is 104 Å². The molecule has 39 heavy (non-hydrogen) atoms. The minimum atomic E-state index is -2.56. The third-order valence-corrected chi connectivity index (χ3v) is 15.5. The Kier molecular flexibility index (Phi) is 9.30. The van der Waals surface area contributed by atoms with Crippen LogP contribution in [-0.4, -0.2) is 33.9 Å². The summed E-state index contributed by atoms with van der Waals surface area (Å²) in [4.78, 5) is 13.0. The van der Waals surface area contributed by atoms with Gasteiger partial charge in [0.05, 0.1) is 6.10 Å². The zero-order valence-electron chi connectivity index (χ0n) is 25.6. The van der Waals surface area contributed by atoms with Crippen LogP contribution in [-0.2, 0) is 14.0 Å². The van der Waals surface area contributed by atoms with Crippen molar-refractivity contribution in [3.8, 4) is 0 Å². The maximum absolute atomic E-state index is 13.0. The lowest BCUT2D eigenvalue weighted by molar-refractivity contribution is -0.145. The monoisotopic (exact) mass is 548 g/mol. The minimum absolute atomic E-state index is 0.0237. The summed E-state index contributed by atoms with van der Waals surface area (Å²) in [6.45, 7) is 14.6. The smallest absolute Gasteiger partial charge is 0.261 e. The molecule has 0 spiro atoms. The zero-order chi connectivity index (χ0) is 28.3. The number of hydrogen-bond acceptors (Lipinski definition) is 3. The van der Waals surface area contributed by atoms with E-state index in [1.165, 1.54) is 36.1 Å². The highest BCUT2D eigenvalue weighted by Gasteiger charge is 2.52. The first-order chi connectivity index (χ1) is 18.5. The first-order valence-electron chi connectivity index (χ1n) is 15.3. The second-order valence-corrected chi connectivity index (χ2v) is 18.4. The maximum atomic E-state index is 13.0. The Labute approximate surface area is 239 Å². The largest absolute Gasteiger partial charge is 0.407 e. The SMILES string of the molecule is CO[C@H]([C@@H]1CCCC(=O)C1(C)C)[C@@H]1CCCC[C@@]1(C)CCO[Si](c1ccccc1)(c1ccccc1)C(C)(C)C. The van der Waals surface area contributed by atoms with E-state index in [1.807, 2.05) is 7.11 Å². The van der Waals surface area contributed by atoms with Gasteiger partial charge in [0.25, 0.3) is 8.32 Å². The molecular formula is C35H52O3Si. The molecule has 0 heterocycles. The normalized spacial score (nSPS) is 26.8. The van der Waals surface area contributed by atoms with Crippen molar-refractivity contribution in [3.05, 3.63) is 60.7 Å². The van der Waals surface area contributed by atoms with Crippen molar-refractivity contribution in [2.75, 3.05) is 13.7 Å². The molecule has 214 valence electrons. The van der Waals surface area contributed by atoms with Crippen LogP contribution in [0.15, 0.2) is 60.7 Å². The molecule has 0 aromatic heterocycles. The van der Waals surface area contributed by atoms with Crippen molar-refractivity contribution >= 4 is 24.5 Å². The summed E-state index contributed by atoms with van der Waals surface area (Å²) in [6, 6.07) is 21.9. The Morgan fingerprint density at radius 2 is 1.44 bits per heavy atom. The highest BCUT2D eigenvalue weighted by Crippen LogP contribution is 2.52. The van der Waals surface area contributed by atoms with Gasteiger partial charge in [0, 0.05) is 25.6 Å². The second kappa shape index (κ2) is 12.0. The molecule has 2 aliphatic rings. The van der Waals surface area contributed by atoms with Gasteiger partial charge in [-0.15, -0.1) is 0 Å². The highest BCUT2D eigenvalue weighted by molar-refractivity contribution is 6.99. The van der Waals surface area contributed by atoms with Crippen LogP contribution in [0.25, 0.3) is 0 Å². The average molecular weight is 549 g/mol. The summed E-state index contributed by atoms with van der Waals surface area (Å²) >= 11 is 0. The fourth-order valence-electron chi connectivity index (χ4n) is 8.05. The van der Waals surface area contributed by atoms with Crippen LogP contribution in [0.3, 0.4) is 0 Å². The zero-order valence-corrected chi connectivity index (χ0v) is 26.6. The van der Waals surface area contributed by atoms with Gasteiger partial charge < -0.3 is 9.16 Å². The number of methoxy groups -OCH3 is 1. The third kappa shape index (κ3) is 5.85. The van der Waals surface area contributed by atoms with E-state index in [4.69, 9.17) is 9.16 Å². The van der Waals surface area contributed by atoms with E-state index in [1.54, 1.807) is 0 Å². The molecule has 0 bridgehead atoms. The van der Waals surface area contributed by atoms with Crippen molar-refractivity contribution in [1.82, 2.24) is 0 Å². The summed E-state index contributed by atoms with van der Waals surface area (Å²) in [6.07, 6.45) is 8.80. The molecular weight excluding hydrogens is 496 g/mol. The summed E-state index contributed by atoms with van der Waals surface area (Å²) in [5.41, 5.74) is -0.191. The molecule has 2 fully saturated rings. The lowest BCUT2D eigenvalue weighted by Gasteiger charge is -2.51. The standard InChI is InChI=1S/C35H52O3Si/c1-33(2,3)39(27-17-10-8-11-18-27,28-19-12-9-13-20-28)38-26-25-35(6)24-15-14-21-30(35)32(37-7)29-22-16-23-31(36)34(29,4)5/h8-13,17-20,29-30,32H,14-16,21-26H2,1-7H3/t29-,30-,32+,35-/m0/s1. The first kappa shape index (κ1) is 30.2. The number of ketones is 1. The number of carbonyl (C=O) groups is 1. The molecule has 2 aromatic rings. The van der Waals surface area contributed by atoms with Gasteiger partial charge in [0.2, 0.25) is 0 Å². The van der Waals surface area contributed by atoms with Crippen LogP contribution in [0.1, 0.15) is 92.9 Å². The number of rotatable bonds is 9. The van der Waals surface area contributed by atoms with Gasteiger partial charge in [-0.1, -0.05) is 115 Å². The van der Waals surface area contributed by atoms with E-state index in [0.29, 0.717) is 18.1 Å². The van der Waals surface area contributed by atoms with Crippen LogP contribution >= 0.6 is 0 Å². The van der Waals surface area contributed by atoms with Crippen molar-refractivity contribution in [3.63, 3.8) is 0 Å².